The van der Waals surface area contributed by atoms with Gasteiger partial charge in [0.25, 0.3) is 0 Å². The summed E-state index contributed by atoms with van der Waals surface area (Å²) in [6, 6.07) is 5.62. The second-order valence-electron chi connectivity index (χ2n) is 5.85. The van der Waals surface area contributed by atoms with Crippen molar-refractivity contribution in [2.45, 2.75) is 32.1 Å². The molecule has 1 aromatic carbocycles. The lowest BCUT2D eigenvalue weighted by atomic mass is 10.1. The van der Waals surface area contributed by atoms with Crippen LogP contribution in [0, 0.1) is 0 Å². The number of esters is 1. The Morgan fingerprint density at radius 2 is 2.30 bits per heavy atom. The maximum Gasteiger partial charge on any atom is 0.338 e. The number of benzene rings is 1. The number of hydrogen-bond acceptors (Lipinski definition) is 5. The van der Waals surface area contributed by atoms with Crippen LogP contribution in [0.15, 0.2) is 18.2 Å². The van der Waals surface area contributed by atoms with E-state index in [1.165, 1.54) is 0 Å². The van der Waals surface area contributed by atoms with Crippen molar-refractivity contribution in [1.82, 2.24) is 5.32 Å². The average Bonchev–Trinajstić information content (AvgIpc) is 2.79. The highest BCUT2D eigenvalue weighted by atomic mass is 16.5. The van der Waals surface area contributed by atoms with Gasteiger partial charge in [0.15, 0.2) is 0 Å². The normalized spacial score (nSPS) is 24.1. The number of morpholine rings is 1. The zero-order valence-electron chi connectivity index (χ0n) is 11.8. The summed E-state index contributed by atoms with van der Waals surface area (Å²) < 4.78 is 16.5. The largest absolute Gasteiger partial charge is 0.492 e. The molecule has 0 aromatic heterocycles. The molecule has 1 aromatic rings. The van der Waals surface area contributed by atoms with E-state index in [-0.39, 0.29) is 17.6 Å². The van der Waals surface area contributed by atoms with Crippen molar-refractivity contribution in [3.63, 3.8) is 0 Å². The number of rotatable bonds is 3. The lowest BCUT2D eigenvalue weighted by Gasteiger charge is -2.35. The number of carbonyl (C=O) groups excluding carboxylic acids is 1. The fourth-order valence-corrected chi connectivity index (χ4v) is 2.33. The van der Waals surface area contributed by atoms with Crippen molar-refractivity contribution in [1.29, 1.82) is 0 Å². The molecule has 5 nitrogen and oxygen atoms in total. The highest BCUT2D eigenvalue weighted by Gasteiger charge is 2.27. The van der Waals surface area contributed by atoms with Gasteiger partial charge in [0.05, 0.1) is 23.8 Å². The van der Waals surface area contributed by atoms with E-state index in [4.69, 9.17) is 14.2 Å². The molecule has 0 aliphatic carbocycles. The Kier molecular flexibility index (Phi) is 3.40. The average molecular weight is 277 g/mol. The third-order valence-corrected chi connectivity index (χ3v) is 3.60. The minimum Gasteiger partial charge on any atom is -0.492 e. The molecule has 0 bridgehead atoms. The summed E-state index contributed by atoms with van der Waals surface area (Å²) in [7, 11) is 0. The number of cyclic esters (lactones) is 1. The van der Waals surface area contributed by atoms with Crippen molar-refractivity contribution in [3.05, 3.63) is 29.3 Å². The number of carbonyl (C=O) groups is 1. The van der Waals surface area contributed by atoms with Crippen LogP contribution in [0.2, 0.25) is 0 Å². The predicted molar refractivity (Wildman–Crippen MR) is 72.9 cm³/mol. The van der Waals surface area contributed by atoms with Crippen molar-refractivity contribution in [2.24, 2.45) is 0 Å². The Hall–Kier alpha value is -1.59. The van der Waals surface area contributed by atoms with E-state index >= 15 is 0 Å². The molecule has 1 saturated heterocycles. The van der Waals surface area contributed by atoms with E-state index in [0.29, 0.717) is 25.4 Å². The summed E-state index contributed by atoms with van der Waals surface area (Å²) in [6.07, 6.45) is 0. The van der Waals surface area contributed by atoms with Crippen LogP contribution in [-0.2, 0) is 16.1 Å². The first-order valence-corrected chi connectivity index (χ1v) is 6.84. The van der Waals surface area contributed by atoms with Crippen LogP contribution in [-0.4, -0.2) is 37.4 Å². The zero-order chi connectivity index (χ0) is 14.2. The third-order valence-electron chi connectivity index (χ3n) is 3.60. The Labute approximate surface area is 118 Å². The molecule has 0 radical (unpaired) electrons. The van der Waals surface area contributed by atoms with Gasteiger partial charge in [-0.1, -0.05) is 0 Å². The molecule has 0 spiro atoms. The summed E-state index contributed by atoms with van der Waals surface area (Å²) >= 11 is 0. The topological polar surface area (TPSA) is 56.8 Å². The van der Waals surface area contributed by atoms with E-state index < -0.39 is 0 Å². The van der Waals surface area contributed by atoms with Crippen LogP contribution in [0.3, 0.4) is 0 Å². The molecular weight excluding hydrogens is 258 g/mol. The van der Waals surface area contributed by atoms with E-state index in [1.807, 2.05) is 6.07 Å². The van der Waals surface area contributed by atoms with Crippen molar-refractivity contribution in [3.8, 4) is 5.75 Å². The zero-order valence-corrected chi connectivity index (χ0v) is 11.8. The number of nitrogens with one attached hydrogen (secondary N) is 1. The van der Waals surface area contributed by atoms with Crippen LogP contribution in [0.4, 0.5) is 0 Å². The predicted octanol–water partition coefficient (Wildman–Crippen LogP) is 1.50. The van der Waals surface area contributed by atoms with Gasteiger partial charge in [-0.05, 0) is 32.0 Å². The molecule has 1 fully saturated rings. The number of hydrogen-bond donors (Lipinski definition) is 1. The standard InChI is InChI=1S/C15H19NO4/c1-15(2)9-16-11(8-20-15)7-18-12-3-4-13-10(5-12)6-19-14(13)17/h3-5,11,16H,6-9H2,1-2H3. The van der Waals surface area contributed by atoms with Crippen LogP contribution in [0.5, 0.6) is 5.75 Å². The first kappa shape index (κ1) is 13.4. The van der Waals surface area contributed by atoms with Gasteiger partial charge >= 0.3 is 5.97 Å². The smallest absolute Gasteiger partial charge is 0.338 e. The van der Waals surface area contributed by atoms with Crippen LogP contribution in [0.25, 0.3) is 0 Å². The quantitative estimate of drug-likeness (QED) is 0.849. The van der Waals surface area contributed by atoms with Gasteiger partial charge < -0.3 is 19.5 Å². The Bertz CT molecular complexity index is 517. The molecule has 2 aliphatic heterocycles. The summed E-state index contributed by atoms with van der Waals surface area (Å²) in [4.78, 5) is 11.4. The first-order valence-electron chi connectivity index (χ1n) is 6.84. The highest BCUT2D eigenvalue weighted by Crippen LogP contribution is 2.24. The van der Waals surface area contributed by atoms with Crippen LogP contribution < -0.4 is 10.1 Å². The van der Waals surface area contributed by atoms with Gasteiger partial charge in [-0.3, -0.25) is 0 Å². The summed E-state index contributed by atoms with van der Waals surface area (Å²) in [5.74, 6) is 0.504. The maximum atomic E-state index is 11.4. The van der Waals surface area contributed by atoms with Gasteiger partial charge in [0.2, 0.25) is 0 Å². The molecule has 2 heterocycles. The summed E-state index contributed by atoms with van der Waals surface area (Å²) in [5.41, 5.74) is 1.42. The van der Waals surface area contributed by atoms with Crippen molar-refractivity contribution in [2.75, 3.05) is 19.8 Å². The summed E-state index contributed by atoms with van der Waals surface area (Å²) in [5, 5.41) is 3.41. The van der Waals surface area contributed by atoms with Crippen LogP contribution in [0.1, 0.15) is 29.8 Å². The minimum absolute atomic E-state index is 0.109. The molecule has 1 N–H and O–H groups in total. The molecule has 20 heavy (non-hydrogen) atoms. The third kappa shape index (κ3) is 2.78. The monoisotopic (exact) mass is 277 g/mol. The van der Waals surface area contributed by atoms with E-state index in [9.17, 15) is 4.79 Å². The molecule has 0 saturated carbocycles. The van der Waals surface area contributed by atoms with Gasteiger partial charge in [-0.2, -0.15) is 0 Å². The fraction of sp³-hybridized carbons (Fsp3) is 0.533. The highest BCUT2D eigenvalue weighted by molar-refractivity contribution is 5.93. The second-order valence-corrected chi connectivity index (χ2v) is 5.85. The Balaban J connectivity index is 1.56. The fourth-order valence-electron chi connectivity index (χ4n) is 2.33. The van der Waals surface area contributed by atoms with Crippen LogP contribution >= 0.6 is 0 Å². The second kappa shape index (κ2) is 5.07. The van der Waals surface area contributed by atoms with Crippen molar-refractivity contribution >= 4 is 5.97 Å². The minimum atomic E-state index is -0.254. The number of fused-ring (bicyclic) bond motifs is 1. The molecule has 1 atom stereocenters. The van der Waals surface area contributed by atoms with Gasteiger partial charge in [-0.25, -0.2) is 4.79 Å². The molecule has 5 heteroatoms. The Morgan fingerprint density at radius 1 is 1.45 bits per heavy atom. The van der Waals surface area contributed by atoms with E-state index in [1.54, 1.807) is 12.1 Å². The number of ether oxygens (including phenoxy) is 3. The molecule has 3 rings (SSSR count). The lowest BCUT2D eigenvalue weighted by molar-refractivity contribution is -0.0640. The SMILES string of the molecule is CC1(C)CNC(COc2ccc3c(c2)COC3=O)CO1. The Morgan fingerprint density at radius 3 is 3.05 bits per heavy atom. The molecule has 2 aliphatic rings. The molecule has 108 valence electrons. The van der Waals surface area contributed by atoms with E-state index in [2.05, 4.69) is 19.2 Å². The lowest BCUT2D eigenvalue weighted by Crippen LogP contribution is -2.53. The van der Waals surface area contributed by atoms with E-state index in [0.717, 1.165) is 17.9 Å². The summed E-state index contributed by atoms with van der Waals surface area (Å²) in [6.45, 7) is 6.46. The maximum absolute atomic E-state index is 11.4. The van der Waals surface area contributed by atoms with Gasteiger partial charge in [-0.15, -0.1) is 0 Å². The van der Waals surface area contributed by atoms with Gasteiger partial charge in [0.1, 0.15) is 19.0 Å². The molecule has 1 unspecified atom stereocenters. The van der Waals surface area contributed by atoms with Crippen molar-refractivity contribution < 1.29 is 19.0 Å². The molecular formula is C15H19NO4. The van der Waals surface area contributed by atoms with Gasteiger partial charge in [0, 0.05) is 12.1 Å². The molecule has 0 amide bonds. The first-order chi connectivity index (χ1) is 9.53.